The molecule has 17 heavy (non-hydrogen) atoms. The number of rotatable bonds is 5. The topological polar surface area (TPSA) is 18.5 Å². The van der Waals surface area contributed by atoms with Crippen LogP contribution in [0.25, 0.3) is 0 Å². The normalized spacial score (nSPS) is 11.4. The number of hydrogen-bond acceptors (Lipinski definition) is 2. The van der Waals surface area contributed by atoms with Gasteiger partial charge < -0.3 is 9.47 Å². The average molecular weight is 301 g/mol. The molecular weight excluding hydrogens is 280 g/mol. The van der Waals surface area contributed by atoms with Gasteiger partial charge in [0, 0.05) is 17.0 Å². The van der Waals surface area contributed by atoms with Crippen LogP contribution in [0.5, 0.6) is 11.5 Å². The molecule has 0 unspecified atom stereocenters. The highest BCUT2D eigenvalue weighted by Crippen LogP contribution is 2.27. The number of methoxy groups -OCH3 is 1. The van der Waals surface area contributed by atoms with E-state index in [0.717, 1.165) is 35.4 Å². The smallest absolute Gasteiger partial charge is 0.127 e. The maximum atomic E-state index is 5.84. The van der Waals surface area contributed by atoms with Gasteiger partial charge in [0.05, 0.1) is 13.7 Å². The van der Waals surface area contributed by atoms with Crippen LogP contribution < -0.4 is 9.47 Å². The second kappa shape index (κ2) is 6.29. The maximum absolute atomic E-state index is 5.84. The number of alkyl halides is 1. The van der Waals surface area contributed by atoms with Crippen molar-refractivity contribution < 1.29 is 9.47 Å². The van der Waals surface area contributed by atoms with Crippen molar-refractivity contribution in [2.24, 2.45) is 5.41 Å². The van der Waals surface area contributed by atoms with Gasteiger partial charge in [-0.2, -0.15) is 0 Å². The fourth-order valence-electron chi connectivity index (χ4n) is 1.37. The van der Waals surface area contributed by atoms with Crippen molar-refractivity contribution in [3.8, 4) is 11.5 Å². The van der Waals surface area contributed by atoms with Crippen molar-refractivity contribution in [1.82, 2.24) is 0 Å². The summed E-state index contributed by atoms with van der Waals surface area (Å²) in [5.41, 5.74) is 1.45. The van der Waals surface area contributed by atoms with Gasteiger partial charge >= 0.3 is 0 Å². The SMILES string of the molecule is COc1ccc(CBr)c(OCCC(C)(C)C)c1. The Bertz CT molecular complexity index is 356. The molecule has 0 saturated heterocycles. The fraction of sp³-hybridized carbons (Fsp3) is 0.571. The number of hydrogen-bond donors (Lipinski definition) is 0. The molecule has 0 aromatic heterocycles. The molecule has 0 radical (unpaired) electrons. The van der Waals surface area contributed by atoms with Crippen LogP contribution >= 0.6 is 15.9 Å². The largest absolute Gasteiger partial charge is 0.497 e. The minimum absolute atomic E-state index is 0.299. The summed E-state index contributed by atoms with van der Waals surface area (Å²) < 4.78 is 11.0. The summed E-state index contributed by atoms with van der Waals surface area (Å²) in [6.07, 6.45) is 1.03. The average Bonchev–Trinajstić information content (AvgIpc) is 2.27. The number of benzene rings is 1. The highest BCUT2D eigenvalue weighted by molar-refractivity contribution is 9.08. The van der Waals surface area contributed by atoms with Crippen molar-refractivity contribution in [2.75, 3.05) is 13.7 Å². The molecule has 0 amide bonds. The Labute approximate surface area is 112 Å². The molecule has 0 bridgehead atoms. The van der Waals surface area contributed by atoms with E-state index in [-0.39, 0.29) is 0 Å². The molecule has 0 fully saturated rings. The molecule has 2 nitrogen and oxygen atoms in total. The standard InChI is InChI=1S/C14H21BrO2/c1-14(2,3)7-8-17-13-9-12(16-4)6-5-11(13)10-15/h5-6,9H,7-8,10H2,1-4H3. The van der Waals surface area contributed by atoms with Crippen molar-refractivity contribution >= 4 is 15.9 Å². The van der Waals surface area contributed by atoms with E-state index in [1.165, 1.54) is 0 Å². The first-order valence-corrected chi connectivity index (χ1v) is 6.94. The molecule has 0 heterocycles. The van der Waals surface area contributed by atoms with Gasteiger partial charge in [-0.15, -0.1) is 0 Å². The van der Waals surface area contributed by atoms with Gasteiger partial charge in [-0.25, -0.2) is 0 Å². The molecule has 1 aromatic carbocycles. The fourth-order valence-corrected chi connectivity index (χ4v) is 1.84. The molecule has 0 aliphatic heterocycles. The zero-order chi connectivity index (χ0) is 12.9. The Morgan fingerprint density at radius 1 is 1.24 bits per heavy atom. The van der Waals surface area contributed by atoms with E-state index < -0.39 is 0 Å². The van der Waals surface area contributed by atoms with Gasteiger partial charge in [0.2, 0.25) is 0 Å². The summed E-state index contributed by atoms with van der Waals surface area (Å²) in [4.78, 5) is 0. The first-order valence-electron chi connectivity index (χ1n) is 5.82. The molecule has 0 saturated carbocycles. The van der Waals surface area contributed by atoms with Crippen LogP contribution in [0, 0.1) is 5.41 Å². The van der Waals surface area contributed by atoms with Gasteiger partial charge in [0.25, 0.3) is 0 Å². The minimum Gasteiger partial charge on any atom is -0.497 e. The lowest BCUT2D eigenvalue weighted by atomic mass is 9.93. The van der Waals surface area contributed by atoms with Gasteiger partial charge in [-0.3, -0.25) is 0 Å². The van der Waals surface area contributed by atoms with Crippen LogP contribution in [-0.2, 0) is 5.33 Å². The van der Waals surface area contributed by atoms with E-state index >= 15 is 0 Å². The zero-order valence-electron chi connectivity index (χ0n) is 11.0. The molecule has 1 aromatic rings. The molecule has 1 rings (SSSR count). The second-order valence-corrected chi connectivity index (χ2v) is 5.83. The summed E-state index contributed by atoms with van der Waals surface area (Å²) in [7, 11) is 1.67. The Morgan fingerprint density at radius 2 is 1.94 bits per heavy atom. The molecular formula is C14H21BrO2. The molecule has 0 atom stereocenters. The third-order valence-corrected chi connectivity index (χ3v) is 3.13. The molecule has 3 heteroatoms. The lowest BCUT2D eigenvalue weighted by Gasteiger charge is -2.19. The van der Waals surface area contributed by atoms with Crippen LogP contribution in [0.4, 0.5) is 0 Å². The molecule has 0 spiro atoms. The second-order valence-electron chi connectivity index (χ2n) is 5.27. The van der Waals surface area contributed by atoms with Gasteiger partial charge in [0.1, 0.15) is 11.5 Å². The lowest BCUT2D eigenvalue weighted by Crippen LogP contribution is -2.11. The summed E-state index contributed by atoms with van der Waals surface area (Å²) in [6, 6.07) is 5.92. The molecule has 0 aliphatic rings. The summed E-state index contributed by atoms with van der Waals surface area (Å²) in [5.74, 6) is 1.74. The molecule has 0 aliphatic carbocycles. The summed E-state index contributed by atoms with van der Waals surface area (Å²) >= 11 is 3.47. The van der Waals surface area contributed by atoms with Crippen LogP contribution in [0.1, 0.15) is 32.8 Å². The highest BCUT2D eigenvalue weighted by atomic mass is 79.9. The van der Waals surface area contributed by atoms with E-state index in [9.17, 15) is 0 Å². The molecule has 96 valence electrons. The van der Waals surface area contributed by atoms with Crippen LogP contribution in [0.2, 0.25) is 0 Å². The van der Waals surface area contributed by atoms with E-state index in [0.29, 0.717) is 5.41 Å². The maximum Gasteiger partial charge on any atom is 0.127 e. The van der Waals surface area contributed by atoms with Crippen molar-refractivity contribution in [2.45, 2.75) is 32.5 Å². The zero-order valence-corrected chi connectivity index (χ0v) is 12.6. The lowest BCUT2D eigenvalue weighted by molar-refractivity contribution is 0.241. The number of halogens is 1. The molecule has 0 N–H and O–H groups in total. The Morgan fingerprint density at radius 3 is 2.47 bits per heavy atom. The van der Waals surface area contributed by atoms with Crippen molar-refractivity contribution in [3.05, 3.63) is 23.8 Å². The Hall–Kier alpha value is -0.700. The quantitative estimate of drug-likeness (QED) is 0.750. The van der Waals surface area contributed by atoms with Crippen LogP contribution in [-0.4, -0.2) is 13.7 Å². The van der Waals surface area contributed by atoms with E-state index in [1.54, 1.807) is 7.11 Å². The third-order valence-electron chi connectivity index (χ3n) is 2.53. The highest BCUT2D eigenvalue weighted by Gasteiger charge is 2.11. The van der Waals surface area contributed by atoms with E-state index in [4.69, 9.17) is 9.47 Å². The third kappa shape index (κ3) is 4.99. The van der Waals surface area contributed by atoms with Crippen LogP contribution in [0.3, 0.4) is 0 Å². The van der Waals surface area contributed by atoms with Gasteiger partial charge in [-0.05, 0) is 17.9 Å². The summed E-state index contributed by atoms with van der Waals surface area (Å²) in [5, 5.41) is 0.793. The Balaban J connectivity index is 2.68. The monoisotopic (exact) mass is 300 g/mol. The van der Waals surface area contributed by atoms with Gasteiger partial charge in [0.15, 0.2) is 0 Å². The predicted molar refractivity (Wildman–Crippen MR) is 75.2 cm³/mol. The van der Waals surface area contributed by atoms with Crippen molar-refractivity contribution in [1.29, 1.82) is 0 Å². The van der Waals surface area contributed by atoms with Gasteiger partial charge in [-0.1, -0.05) is 42.8 Å². The predicted octanol–water partition coefficient (Wildman–Crippen LogP) is 4.41. The summed E-state index contributed by atoms with van der Waals surface area (Å²) in [6.45, 7) is 7.38. The Kier molecular flexibility index (Phi) is 5.31. The van der Waals surface area contributed by atoms with Crippen LogP contribution in [0.15, 0.2) is 18.2 Å². The van der Waals surface area contributed by atoms with E-state index in [2.05, 4.69) is 36.7 Å². The first-order chi connectivity index (χ1) is 7.96. The van der Waals surface area contributed by atoms with E-state index in [1.807, 2.05) is 18.2 Å². The van der Waals surface area contributed by atoms with Crippen molar-refractivity contribution in [3.63, 3.8) is 0 Å². The first kappa shape index (κ1) is 14.4. The number of ether oxygens (including phenoxy) is 2. The minimum atomic E-state index is 0.299.